The zero-order valence-electron chi connectivity index (χ0n) is 19.9. The van der Waals surface area contributed by atoms with Gasteiger partial charge in [0.15, 0.2) is 16.7 Å². The zero-order valence-corrected chi connectivity index (χ0v) is 20.7. The molecule has 0 unspecified atom stereocenters. The summed E-state index contributed by atoms with van der Waals surface area (Å²) >= 11 is 5.75. The number of thiocarbonyl (C=S) groups is 1. The average molecular weight is 501 g/mol. The van der Waals surface area contributed by atoms with Crippen LogP contribution in [0.3, 0.4) is 0 Å². The normalized spacial score (nSPS) is 16.2. The van der Waals surface area contributed by atoms with Crippen LogP contribution in [0.1, 0.15) is 36.8 Å². The molecule has 2 aliphatic rings. The first-order valence-electron chi connectivity index (χ1n) is 11.9. The van der Waals surface area contributed by atoms with Gasteiger partial charge in [0.1, 0.15) is 11.7 Å². The second kappa shape index (κ2) is 9.67. The van der Waals surface area contributed by atoms with Crippen LogP contribution < -0.4 is 14.5 Å². The molecule has 2 aromatic carbocycles. The van der Waals surface area contributed by atoms with Crippen molar-refractivity contribution in [1.82, 2.24) is 4.98 Å². The number of aryl methyl sites for hydroxylation is 2. The number of hydrogen-bond acceptors (Lipinski definition) is 4. The molecule has 1 aliphatic carbocycles. The Hall–Kier alpha value is -3.83. The number of anilines is 2. The lowest BCUT2D eigenvalue weighted by molar-refractivity contribution is -0.123. The van der Waals surface area contributed by atoms with Crippen molar-refractivity contribution >= 4 is 40.4 Å². The van der Waals surface area contributed by atoms with Crippen LogP contribution in [0.25, 0.3) is 4.85 Å². The molecule has 182 valence electrons. The molecular formula is C28H25FN4O2S. The molecule has 6 nitrogen and oxygen atoms in total. The number of ether oxygens (including phenoxy) is 1. The number of nitrogens with zero attached hydrogens (tertiary/aromatic N) is 4. The molecule has 8 heteroatoms. The predicted molar refractivity (Wildman–Crippen MR) is 141 cm³/mol. The topological polar surface area (TPSA) is 50.0 Å². The number of rotatable bonds is 7. The Bertz CT molecular complexity index is 1370. The van der Waals surface area contributed by atoms with Crippen molar-refractivity contribution in [3.8, 4) is 5.75 Å². The number of carbonyl (C=O) groups is 1. The van der Waals surface area contributed by atoms with Crippen molar-refractivity contribution < 1.29 is 13.9 Å². The van der Waals surface area contributed by atoms with Crippen molar-refractivity contribution in [3.05, 3.63) is 89.2 Å². The molecule has 1 saturated heterocycles. The summed E-state index contributed by atoms with van der Waals surface area (Å²) in [6.45, 7) is 9.40. The predicted octanol–water partition coefficient (Wildman–Crippen LogP) is 6.15. The molecule has 1 saturated carbocycles. The Balaban J connectivity index is 1.35. The molecule has 2 fully saturated rings. The van der Waals surface area contributed by atoms with E-state index in [4.69, 9.17) is 23.5 Å². The van der Waals surface area contributed by atoms with Crippen LogP contribution in [0.15, 0.2) is 60.8 Å². The van der Waals surface area contributed by atoms with Crippen molar-refractivity contribution in [2.75, 3.05) is 16.4 Å². The fourth-order valence-corrected chi connectivity index (χ4v) is 5.32. The molecule has 2 heterocycles. The van der Waals surface area contributed by atoms with E-state index in [1.165, 1.54) is 22.7 Å². The number of aromatic nitrogens is 1. The van der Waals surface area contributed by atoms with Gasteiger partial charge in [-0.3, -0.25) is 9.69 Å². The molecule has 5 rings (SSSR count). The molecule has 0 N–H and O–H groups in total. The lowest BCUT2D eigenvalue weighted by atomic mass is 9.75. The summed E-state index contributed by atoms with van der Waals surface area (Å²) < 4.78 is 20.8. The van der Waals surface area contributed by atoms with Gasteiger partial charge in [0.25, 0.3) is 11.7 Å². The molecule has 1 aromatic heterocycles. The summed E-state index contributed by atoms with van der Waals surface area (Å²) in [5, 5.41) is 0.285. The first kappa shape index (κ1) is 23.9. The van der Waals surface area contributed by atoms with Gasteiger partial charge in [-0.25, -0.2) is 4.39 Å². The van der Waals surface area contributed by atoms with E-state index in [0.29, 0.717) is 36.4 Å². The smallest absolute Gasteiger partial charge is 0.272 e. The quantitative estimate of drug-likeness (QED) is 0.221. The van der Waals surface area contributed by atoms with E-state index in [9.17, 15) is 4.79 Å². The highest BCUT2D eigenvalue weighted by atomic mass is 32.1. The van der Waals surface area contributed by atoms with Crippen molar-refractivity contribution in [2.45, 2.75) is 44.6 Å². The summed E-state index contributed by atoms with van der Waals surface area (Å²) in [6.07, 6.45) is 5.27. The Morgan fingerprint density at radius 1 is 1.17 bits per heavy atom. The molecule has 36 heavy (non-hydrogen) atoms. The number of amides is 1. The van der Waals surface area contributed by atoms with Gasteiger partial charge in [0.05, 0.1) is 12.3 Å². The van der Waals surface area contributed by atoms with Crippen LogP contribution in [0, 0.1) is 19.3 Å². The Morgan fingerprint density at radius 2 is 1.94 bits per heavy atom. The minimum atomic E-state index is -0.825. The Labute approximate surface area is 215 Å². The van der Waals surface area contributed by atoms with Crippen molar-refractivity contribution in [1.29, 1.82) is 0 Å². The third-order valence-corrected chi connectivity index (χ3v) is 7.24. The lowest BCUT2D eigenvalue weighted by Gasteiger charge is -2.43. The molecular weight excluding hydrogens is 475 g/mol. The van der Waals surface area contributed by atoms with Gasteiger partial charge in [-0.1, -0.05) is 36.9 Å². The van der Waals surface area contributed by atoms with Crippen molar-refractivity contribution in [2.24, 2.45) is 0 Å². The number of hydrogen-bond donors (Lipinski definition) is 0. The van der Waals surface area contributed by atoms with Crippen LogP contribution >= 0.6 is 12.2 Å². The van der Waals surface area contributed by atoms with Crippen molar-refractivity contribution in [3.63, 3.8) is 0 Å². The van der Waals surface area contributed by atoms with Gasteiger partial charge >= 0.3 is 0 Å². The number of halogens is 1. The second-order valence-corrected chi connectivity index (χ2v) is 9.51. The number of pyridine rings is 1. The minimum Gasteiger partial charge on any atom is -0.491 e. The third kappa shape index (κ3) is 4.10. The summed E-state index contributed by atoms with van der Waals surface area (Å²) in [5.74, 6) is -0.170. The Kier molecular flexibility index (Phi) is 6.42. The van der Waals surface area contributed by atoms with Gasteiger partial charge in [-0.05, 0) is 80.6 Å². The van der Waals surface area contributed by atoms with E-state index in [2.05, 4.69) is 22.0 Å². The lowest BCUT2D eigenvalue weighted by Crippen LogP contribution is -2.55. The SMILES string of the molecule is [C-]#[N+]c1ncc(N2C(=O)C3(CCC3)N(c3ccc(OCCCc4ccccc4)c(F)c3)C2=S)cc1C. The minimum absolute atomic E-state index is 0.142. The average Bonchev–Trinajstić information content (AvgIpc) is 3.10. The monoisotopic (exact) mass is 500 g/mol. The summed E-state index contributed by atoms with van der Waals surface area (Å²) in [4.78, 5) is 24.4. The first-order chi connectivity index (χ1) is 17.4. The summed E-state index contributed by atoms with van der Waals surface area (Å²) in [7, 11) is 0. The molecule has 0 atom stereocenters. The van der Waals surface area contributed by atoms with E-state index in [1.54, 1.807) is 30.0 Å². The maximum absolute atomic E-state index is 15.1. The molecule has 1 spiro atoms. The largest absolute Gasteiger partial charge is 0.491 e. The maximum Gasteiger partial charge on any atom is 0.272 e. The van der Waals surface area contributed by atoms with E-state index in [-0.39, 0.29) is 22.6 Å². The zero-order chi connectivity index (χ0) is 25.3. The fraction of sp³-hybridized carbons (Fsp3) is 0.286. The van der Waals surface area contributed by atoms with Gasteiger partial charge in [0, 0.05) is 11.8 Å². The van der Waals surface area contributed by atoms with Crippen LogP contribution in [0.4, 0.5) is 21.6 Å². The summed E-state index contributed by atoms with van der Waals surface area (Å²) in [5.41, 5.74) is 2.09. The van der Waals surface area contributed by atoms with E-state index in [1.807, 2.05) is 18.2 Å². The van der Waals surface area contributed by atoms with Crippen LogP contribution in [-0.4, -0.2) is 28.1 Å². The van der Waals surface area contributed by atoms with Crippen LogP contribution in [0.5, 0.6) is 5.75 Å². The highest BCUT2D eigenvalue weighted by molar-refractivity contribution is 7.81. The van der Waals surface area contributed by atoms with Gasteiger partial charge < -0.3 is 14.5 Å². The molecule has 0 bridgehead atoms. The first-order valence-corrected chi connectivity index (χ1v) is 12.3. The molecule has 1 aliphatic heterocycles. The van der Waals surface area contributed by atoms with E-state index in [0.717, 1.165) is 19.3 Å². The fourth-order valence-electron chi connectivity index (χ4n) is 4.85. The van der Waals surface area contributed by atoms with Crippen LogP contribution in [0.2, 0.25) is 0 Å². The molecule has 1 amide bonds. The maximum atomic E-state index is 15.1. The van der Waals surface area contributed by atoms with Gasteiger partial charge in [-0.2, -0.15) is 0 Å². The second-order valence-electron chi connectivity index (χ2n) is 9.14. The van der Waals surface area contributed by atoms with Crippen LogP contribution in [-0.2, 0) is 11.2 Å². The number of benzene rings is 2. The number of carbonyl (C=O) groups excluding carboxylic acids is 1. The molecule has 0 radical (unpaired) electrons. The third-order valence-electron chi connectivity index (χ3n) is 6.88. The molecule has 3 aromatic rings. The van der Waals surface area contributed by atoms with E-state index < -0.39 is 11.4 Å². The van der Waals surface area contributed by atoms with Gasteiger partial charge in [0.2, 0.25) is 0 Å². The highest BCUT2D eigenvalue weighted by Crippen LogP contribution is 2.48. The van der Waals surface area contributed by atoms with E-state index >= 15 is 4.39 Å². The highest BCUT2D eigenvalue weighted by Gasteiger charge is 2.59. The standard InChI is InChI=1S/C28H25FN4O2S/c1-19-16-22(18-31-25(19)30-2)32-26(34)28(13-7-14-28)33(27(32)36)21-11-12-24(23(29)17-21)35-15-6-10-20-8-4-3-5-9-20/h3-5,8-9,11-12,16-18H,6-7,10,13-15H2,1H3. The Morgan fingerprint density at radius 3 is 2.58 bits per heavy atom. The van der Waals surface area contributed by atoms with Gasteiger partial charge in [-0.15, -0.1) is 4.98 Å². The summed E-state index contributed by atoms with van der Waals surface area (Å²) in [6, 6.07) is 16.6.